The van der Waals surface area contributed by atoms with Gasteiger partial charge in [0.1, 0.15) is 17.6 Å². The maximum atomic E-state index is 12.9. The number of esters is 1. The van der Waals surface area contributed by atoms with E-state index in [0.29, 0.717) is 47.3 Å². The van der Waals surface area contributed by atoms with Crippen molar-refractivity contribution < 1.29 is 43.2 Å². The quantitative estimate of drug-likeness (QED) is 0.0878. The number of hydrogen-bond donors (Lipinski definition) is 3. The molecule has 2 atom stereocenters. The molecule has 1 unspecified atom stereocenters. The van der Waals surface area contributed by atoms with Crippen LogP contribution in [-0.2, 0) is 20.7 Å². The van der Waals surface area contributed by atoms with Crippen LogP contribution in [0.25, 0.3) is 0 Å². The van der Waals surface area contributed by atoms with Gasteiger partial charge in [0.2, 0.25) is 5.91 Å². The summed E-state index contributed by atoms with van der Waals surface area (Å²) >= 11 is 0. The number of hydrogen-bond acceptors (Lipinski definition) is 8. The summed E-state index contributed by atoms with van der Waals surface area (Å²) in [5, 5.41) is 15.2. The van der Waals surface area contributed by atoms with Crippen molar-refractivity contribution in [1.29, 1.82) is 0 Å². The van der Waals surface area contributed by atoms with Crippen molar-refractivity contribution in [2.75, 3.05) is 26.1 Å². The number of anilines is 1. The van der Waals surface area contributed by atoms with E-state index in [2.05, 4.69) is 17.6 Å². The third kappa shape index (κ3) is 12.1. The topological polar surface area (TPSA) is 149 Å². The molecule has 2 amide bonds. The van der Waals surface area contributed by atoms with E-state index < -0.39 is 23.9 Å². The molecule has 0 aliphatic heterocycles. The van der Waals surface area contributed by atoms with Crippen molar-refractivity contribution in [2.24, 2.45) is 5.92 Å². The second-order valence-electron chi connectivity index (χ2n) is 12.2. The number of carbonyl (C=O) groups excluding carboxylic acids is 3. The predicted octanol–water partition coefficient (Wildman–Crippen LogP) is 7.12. The van der Waals surface area contributed by atoms with E-state index in [4.69, 9.17) is 18.9 Å². The summed E-state index contributed by atoms with van der Waals surface area (Å²) in [6, 6.07) is 17.1. The molecule has 51 heavy (non-hydrogen) atoms. The van der Waals surface area contributed by atoms with Gasteiger partial charge in [-0.25, -0.2) is 9.59 Å². The van der Waals surface area contributed by atoms with Crippen molar-refractivity contribution in [3.05, 3.63) is 107 Å². The van der Waals surface area contributed by atoms with E-state index in [1.165, 1.54) is 45.6 Å². The van der Waals surface area contributed by atoms with Gasteiger partial charge in [-0.2, -0.15) is 0 Å². The average molecular weight is 699 g/mol. The molecule has 0 fully saturated rings. The summed E-state index contributed by atoms with van der Waals surface area (Å²) in [4.78, 5) is 50.3. The smallest absolute Gasteiger partial charge is 0.343 e. The summed E-state index contributed by atoms with van der Waals surface area (Å²) in [5.41, 5.74) is 1.85. The van der Waals surface area contributed by atoms with Gasteiger partial charge in [0, 0.05) is 11.3 Å². The lowest BCUT2D eigenvalue weighted by atomic mass is 9.92. The number of ether oxygens (including phenoxy) is 4. The molecule has 0 bridgehead atoms. The monoisotopic (exact) mass is 698 g/mol. The lowest BCUT2D eigenvalue weighted by molar-refractivity contribution is -0.139. The minimum absolute atomic E-state index is 0.0979. The first-order valence-corrected chi connectivity index (χ1v) is 17.2. The van der Waals surface area contributed by atoms with Crippen LogP contribution in [-0.4, -0.2) is 55.7 Å². The number of allylic oxidation sites excluding steroid dienone is 3. The van der Waals surface area contributed by atoms with E-state index in [1.807, 2.05) is 0 Å². The van der Waals surface area contributed by atoms with Crippen molar-refractivity contribution in [1.82, 2.24) is 5.32 Å². The number of unbranched alkanes of at least 4 members (excludes halogenated alkanes) is 4. The number of carboxylic acids is 1. The largest absolute Gasteiger partial charge is 0.494 e. The lowest BCUT2D eigenvalue weighted by Crippen LogP contribution is -2.42. The Kier molecular flexibility index (Phi) is 14.7. The first-order valence-electron chi connectivity index (χ1n) is 17.2. The molecule has 11 heteroatoms. The third-order valence-electron chi connectivity index (χ3n) is 8.36. The molecule has 0 heterocycles. The molecule has 0 spiro atoms. The second kappa shape index (κ2) is 19.6. The molecule has 3 aromatic carbocycles. The molecule has 0 saturated carbocycles. The molecule has 1 aliphatic rings. The van der Waals surface area contributed by atoms with Crippen molar-refractivity contribution >= 4 is 29.4 Å². The van der Waals surface area contributed by atoms with Crippen LogP contribution in [0, 0.1) is 5.92 Å². The Labute approximate surface area is 298 Å². The molecular formula is C40H46N2O9. The van der Waals surface area contributed by atoms with Crippen LogP contribution in [0.4, 0.5) is 5.69 Å². The number of methoxy groups -OCH3 is 2. The zero-order valence-corrected chi connectivity index (χ0v) is 29.3. The van der Waals surface area contributed by atoms with Crippen molar-refractivity contribution in [3.8, 4) is 17.2 Å². The predicted molar refractivity (Wildman–Crippen MR) is 193 cm³/mol. The van der Waals surface area contributed by atoms with E-state index in [9.17, 15) is 24.3 Å². The normalized spacial score (nSPS) is 14.1. The number of aliphatic carboxylic acids is 1. The van der Waals surface area contributed by atoms with Crippen molar-refractivity contribution in [2.45, 2.75) is 64.3 Å². The van der Waals surface area contributed by atoms with Crippen LogP contribution in [0.3, 0.4) is 0 Å². The summed E-state index contributed by atoms with van der Waals surface area (Å²) in [5.74, 6) is -0.536. The first kappa shape index (κ1) is 38.2. The van der Waals surface area contributed by atoms with Gasteiger partial charge < -0.3 is 34.7 Å². The highest BCUT2D eigenvalue weighted by Gasteiger charge is 2.25. The third-order valence-corrected chi connectivity index (χ3v) is 8.36. The summed E-state index contributed by atoms with van der Waals surface area (Å²) < 4.78 is 21.8. The molecule has 3 N–H and O–H groups in total. The molecule has 0 saturated heterocycles. The Balaban J connectivity index is 1.21. The maximum absolute atomic E-state index is 12.9. The standard InChI is InChI=1S/C40H46N2O9/c1-4-5-6-7-8-23-50-32-20-14-30(15-21-32)40(47)51-33-18-9-27(10-19-33)24-34(39(45)46)42-38(44)29-12-16-31(17-13-29)41-37(43)26-28-11-22-35(48-2)36(25-28)49-3/h9,11-22,25,27,34H,4-8,10,23-24,26H2,1-3H3,(H,41,43)(H,42,44)(H,45,46)/t27?,34-/m0/s1. The molecule has 4 rings (SSSR count). The van der Waals surface area contributed by atoms with E-state index in [1.54, 1.807) is 72.8 Å². The van der Waals surface area contributed by atoms with Crippen LogP contribution in [0.15, 0.2) is 90.7 Å². The molecule has 3 aromatic rings. The molecule has 1 aliphatic carbocycles. The van der Waals surface area contributed by atoms with Crippen LogP contribution < -0.4 is 24.8 Å². The highest BCUT2D eigenvalue weighted by molar-refractivity contribution is 5.98. The number of benzene rings is 3. The fourth-order valence-corrected chi connectivity index (χ4v) is 5.50. The number of nitrogens with one attached hydrogen (secondary N) is 2. The molecule has 0 aromatic heterocycles. The van der Waals surface area contributed by atoms with Crippen LogP contribution in [0.2, 0.25) is 0 Å². The average Bonchev–Trinajstić information content (AvgIpc) is 3.13. The van der Waals surface area contributed by atoms with E-state index in [0.717, 1.165) is 18.4 Å². The zero-order valence-electron chi connectivity index (χ0n) is 29.3. The molecule has 270 valence electrons. The van der Waals surface area contributed by atoms with Gasteiger partial charge >= 0.3 is 11.9 Å². The summed E-state index contributed by atoms with van der Waals surface area (Å²) in [7, 11) is 3.06. The first-order chi connectivity index (χ1) is 24.7. The van der Waals surface area contributed by atoms with Gasteiger partial charge in [0.15, 0.2) is 11.5 Å². The zero-order chi connectivity index (χ0) is 36.6. The van der Waals surface area contributed by atoms with E-state index in [-0.39, 0.29) is 30.2 Å². The lowest BCUT2D eigenvalue weighted by Gasteiger charge is -2.21. The van der Waals surface area contributed by atoms with Gasteiger partial charge in [0.25, 0.3) is 5.91 Å². The number of rotatable bonds is 19. The number of amides is 2. The van der Waals surface area contributed by atoms with Crippen LogP contribution >= 0.6 is 0 Å². The Hall–Kier alpha value is -5.58. The maximum Gasteiger partial charge on any atom is 0.343 e. The Bertz CT molecular complexity index is 1700. The fraction of sp³-hybridized carbons (Fsp3) is 0.350. The number of carbonyl (C=O) groups is 4. The minimum Gasteiger partial charge on any atom is -0.494 e. The summed E-state index contributed by atoms with van der Waals surface area (Å²) in [6.45, 7) is 2.82. The van der Waals surface area contributed by atoms with Crippen molar-refractivity contribution in [3.63, 3.8) is 0 Å². The highest BCUT2D eigenvalue weighted by Crippen LogP contribution is 2.28. The van der Waals surface area contributed by atoms with E-state index >= 15 is 0 Å². The molecule has 11 nitrogen and oxygen atoms in total. The van der Waals surface area contributed by atoms with Crippen LogP contribution in [0.1, 0.15) is 78.1 Å². The van der Waals surface area contributed by atoms with Gasteiger partial charge in [-0.05, 0) is 104 Å². The Morgan fingerprint density at radius 1 is 0.863 bits per heavy atom. The number of carboxylic acid groups (broad SMARTS) is 1. The SMILES string of the molecule is CCCCCCCOc1ccc(C(=O)OC2=CCC(C[C@H](NC(=O)c3ccc(NC(=O)Cc4ccc(OC)c(OC)c4)cc3)C(=O)O)C=C2)cc1. The summed E-state index contributed by atoms with van der Waals surface area (Å²) in [6.07, 6.45) is 11.6. The molecular weight excluding hydrogens is 652 g/mol. The Morgan fingerprint density at radius 3 is 2.22 bits per heavy atom. The molecule has 0 radical (unpaired) electrons. The van der Waals surface area contributed by atoms with Gasteiger partial charge in [-0.15, -0.1) is 0 Å². The van der Waals surface area contributed by atoms with Gasteiger partial charge in [0.05, 0.1) is 32.8 Å². The second-order valence-corrected chi connectivity index (χ2v) is 12.2. The Morgan fingerprint density at radius 2 is 1.57 bits per heavy atom. The van der Waals surface area contributed by atoms with Gasteiger partial charge in [-0.1, -0.05) is 44.7 Å². The minimum atomic E-state index is -1.17. The fourth-order valence-electron chi connectivity index (χ4n) is 5.50. The van der Waals surface area contributed by atoms with Gasteiger partial charge in [-0.3, -0.25) is 9.59 Å². The highest BCUT2D eigenvalue weighted by atomic mass is 16.5. The van der Waals surface area contributed by atoms with Crippen LogP contribution in [0.5, 0.6) is 17.2 Å².